The summed E-state index contributed by atoms with van der Waals surface area (Å²) >= 11 is 0. The summed E-state index contributed by atoms with van der Waals surface area (Å²) in [6.07, 6.45) is 1.41. The minimum Gasteiger partial charge on any atom is -0.444 e. The number of halogens is 3. The van der Waals surface area contributed by atoms with Gasteiger partial charge in [0.2, 0.25) is 5.91 Å². The number of carbonyl (C=O) groups is 2. The maximum absolute atomic E-state index is 14.9. The third-order valence-corrected chi connectivity index (χ3v) is 7.21. The number of amides is 2. The summed E-state index contributed by atoms with van der Waals surface area (Å²) in [6.45, 7) is 14.0. The maximum Gasteiger partial charge on any atom is 0.412 e. The van der Waals surface area contributed by atoms with Gasteiger partial charge in [-0.3, -0.25) is 10.1 Å². The minimum absolute atomic E-state index is 0.0972. The summed E-state index contributed by atoms with van der Waals surface area (Å²) in [5, 5.41) is 11.0. The van der Waals surface area contributed by atoms with E-state index in [0.29, 0.717) is 37.4 Å². The van der Waals surface area contributed by atoms with Crippen molar-refractivity contribution in [2.75, 3.05) is 29.9 Å². The normalized spacial score (nSPS) is 16.9. The fraction of sp³-hybridized carbons (Fsp3) is 0.484. The van der Waals surface area contributed by atoms with E-state index < -0.39 is 40.6 Å². The van der Waals surface area contributed by atoms with Crippen molar-refractivity contribution >= 4 is 23.4 Å². The lowest BCUT2D eigenvalue weighted by molar-refractivity contribution is -0.140. The highest BCUT2D eigenvalue weighted by Gasteiger charge is 2.39. The highest BCUT2D eigenvalue weighted by molar-refractivity contribution is 5.86. The van der Waals surface area contributed by atoms with Crippen LogP contribution >= 0.6 is 0 Å². The summed E-state index contributed by atoms with van der Waals surface area (Å²) < 4.78 is 49.6. The van der Waals surface area contributed by atoms with Crippen molar-refractivity contribution < 1.29 is 27.5 Å². The number of nitrogens with zero attached hydrogens (tertiary/aromatic N) is 5. The van der Waals surface area contributed by atoms with Crippen molar-refractivity contribution in [2.45, 2.75) is 72.6 Å². The summed E-state index contributed by atoms with van der Waals surface area (Å²) in [5.74, 6) is -2.06. The van der Waals surface area contributed by atoms with Crippen molar-refractivity contribution in [3.05, 3.63) is 60.0 Å². The largest absolute Gasteiger partial charge is 0.444 e. The molecule has 12 heteroatoms. The van der Waals surface area contributed by atoms with Gasteiger partial charge < -0.3 is 14.5 Å². The van der Waals surface area contributed by atoms with Gasteiger partial charge in [0.1, 0.15) is 34.8 Å². The van der Waals surface area contributed by atoms with Gasteiger partial charge in [0.25, 0.3) is 0 Å². The van der Waals surface area contributed by atoms with E-state index in [0.717, 1.165) is 6.07 Å². The number of benzene rings is 2. The van der Waals surface area contributed by atoms with Crippen LogP contribution in [-0.2, 0) is 9.53 Å². The first-order valence-corrected chi connectivity index (χ1v) is 14.3. The molecule has 1 aliphatic heterocycles. The highest BCUT2D eigenvalue weighted by Crippen LogP contribution is 2.35. The molecule has 43 heavy (non-hydrogen) atoms. The summed E-state index contributed by atoms with van der Waals surface area (Å²) in [4.78, 5) is 29.9. The zero-order valence-electron chi connectivity index (χ0n) is 25.6. The molecule has 2 aromatic carbocycles. The quantitative estimate of drug-likeness (QED) is 0.363. The zero-order chi connectivity index (χ0) is 31.7. The molecule has 0 aliphatic carbocycles. The first-order chi connectivity index (χ1) is 20.0. The number of rotatable bonds is 5. The number of anilines is 2. The van der Waals surface area contributed by atoms with Crippen molar-refractivity contribution in [1.82, 2.24) is 19.9 Å². The van der Waals surface area contributed by atoms with Gasteiger partial charge in [0.15, 0.2) is 0 Å². The lowest BCUT2D eigenvalue weighted by Gasteiger charge is -2.36. The molecule has 0 radical (unpaired) electrons. The molecule has 1 aliphatic rings. The molecule has 1 saturated heterocycles. The minimum atomic E-state index is -0.781. The van der Waals surface area contributed by atoms with E-state index in [1.54, 1.807) is 25.7 Å². The standard InChI is InChI=1S/C31H39F3N6O3/c1-19-12-13-38(26-11-8-20(32)16-24(26)34)14-15-39(19)28(41)27(30(2,3)4)40-18-25(36-37-40)22-17-21(9-10-23(22)33)35-29(42)43-31(5,6)7/h8-11,16-19,27H,12-15H2,1-7H3,(H,35,42). The number of hydrogen-bond acceptors (Lipinski definition) is 6. The average molecular weight is 601 g/mol. The van der Waals surface area contributed by atoms with Crippen LogP contribution in [0, 0.1) is 22.9 Å². The molecule has 0 bridgehead atoms. The van der Waals surface area contributed by atoms with Crippen molar-refractivity contribution in [1.29, 1.82) is 0 Å². The Bertz CT molecular complexity index is 1480. The van der Waals surface area contributed by atoms with Gasteiger partial charge in [0.05, 0.1) is 11.9 Å². The predicted molar refractivity (Wildman–Crippen MR) is 158 cm³/mol. The second kappa shape index (κ2) is 12.3. The van der Waals surface area contributed by atoms with Crippen LogP contribution in [0.2, 0.25) is 0 Å². The van der Waals surface area contributed by atoms with E-state index in [1.165, 1.54) is 41.2 Å². The van der Waals surface area contributed by atoms with E-state index in [2.05, 4.69) is 15.6 Å². The molecule has 2 heterocycles. The Morgan fingerprint density at radius 1 is 0.977 bits per heavy atom. The number of ether oxygens (including phenoxy) is 1. The van der Waals surface area contributed by atoms with Gasteiger partial charge in [-0.25, -0.2) is 22.6 Å². The van der Waals surface area contributed by atoms with Gasteiger partial charge in [-0.2, -0.15) is 0 Å². The number of carbonyl (C=O) groups excluding carboxylic acids is 2. The Morgan fingerprint density at radius 2 is 1.70 bits per heavy atom. The lowest BCUT2D eigenvalue weighted by Crippen LogP contribution is -2.47. The van der Waals surface area contributed by atoms with Crippen LogP contribution in [0.5, 0.6) is 0 Å². The molecule has 232 valence electrons. The van der Waals surface area contributed by atoms with Gasteiger partial charge in [-0.05, 0) is 69.9 Å². The van der Waals surface area contributed by atoms with Gasteiger partial charge in [-0.15, -0.1) is 5.10 Å². The second-order valence-corrected chi connectivity index (χ2v) is 12.9. The Balaban J connectivity index is 1.57. The van der Waals surface area contributed by atoms with Crippen LogP contribution in [0.1, 0.15) is 60.9 Å². The van der Waals surface area contributed by atoms with Crippen molar-refractivity contribution in [3.63, 3.8) is 0 Å². The third-order valence-electron chi connectivity index (χ3n) is 7.21. The summed E-state index contributed by atoms with van der Waals surface area (Å²) in [6, 6.07) is 6.60. The molecule has 1 aromatic heterocycles. The topological polar surface area (TPSA) is 92.6 Å². The molecule has 9 nitrogen and oxygen atoms in total. The Kier molecular flexibility index (Phi) is 9.08. The lowest BCUT2D eigenvalue weighted by atomic mass is 9.85. The first kappa shape index (κ1) is 31.8. The highest BCUT2D eigenvalue weighted by atomic mass is 19.1. The summed E-state index contributed by atoms with van der Waals surface area (Å²) in [5.41, 5.74) is -0.417. The second-order valence-electron chi connectivity index (χ2n) is 12.9. The van der Waals surface area contributed by atoms with E-state index >= 15 is 0 Å². The van der Waals surface area contributed by atoms with Crippen molar-refractivity contribution in [2.24, 2.45) is 5.41 Å². The Labute approximate surface area is 250 Å². The summed E-state index contributed by atoms with van der Waals surface area (Å²) in [7, 11) is 0. The molecule has 0 saturated carbocycles. The van der Waals surface area contributed by atoms with Crippen LogP contribution in [0.4, 0.5) is 29.3 Å². The fourth-order valence-electron chi connectivity index (χ4n) is 5.15. The molecular formula is C31H39F3N6O3. The Hall–Kier alpha value is -4.09. The predicted octanol–water partition coefficient (Wildman–Crippen LogP) is 6.42. The molecule has 3 aromatic rings. The SMILES string of the molecule is CC1CCN(c2ccc(F)cc2F)CCN1C(=O)C(n1cc(-c2cc(NC(=O)OC(C)(C)C)ccc2F)nn1)C(C)(C)C. The van der Waals surface area contributed by atoms with Crippen molar-refractivity contribution in [3.8, 4) is 11.3 Å². The van der Waals surface area contributed by atoms with E-state index in [-0.39, 0.29) is 23.2 Å². The average Bonchev–Trinajstić information content (AvgIpc) is 3.26. The van der Waals surface area contributed by atoms with Gasteiger partial charge in [0, 0.05) is 43.0 Å². The van der Waals surface area contributed by atoms with Crippen LogP contribution in [0.15, 0.2) is 42.6 Å². The van der Waals surface area contributed by atoms with Crippen LogP contribution in [0.25, 0.3) is 11.3 Å². The van der Waals surface area contributed by atoms with E-state index in [9.17, 15) is 22.8 Å². The van der Waals surface area contributed by atoms with Crippen LogP contribution < -0.4 is 10.2 Å². The number of nitrogens with one attached hydrogen (secondary N) is 1. The van der Waals surface area contributed by atoms with Crippen LogP contribution in [-0.4, -0.2) is 63.2 Å². The number of hydrogen-bond donors (Lipinski definition) is 1. The molecule has 2 unspecified atom stereocenters. The molecule has 1 fully saturated rings. The monoisotopic (exact) mass is 600 g/mol. The van der Waals surface area contributed by atoms with E-state index in [4.69, 9.17) is 4.74 Å². The fourth-order valence-corrected chi connectivity index (χ4v) is 5.15. The molecule has 2 amide bonds. The smallest absolute Gasteiger partial charge is 0.412 e. The molecule has 4 rings (SSSR count). The molecule has 2 atom stereocenters. The molecule has 0 spiro atoms. The number of aromatic nitrogens is 3. The Morgan fingerprint density at radius 3 is 2.35 bits per heavy atom. The van der Waals surface area contributed by atoms with Gasteiger partial charge >= 0.3 is 6.09 Å². The zero-order valence-corrected chi connectivity index (χ0v) is 25.6. The molecule has 1 N–H and O–H groups in total. The third kappa shape index (κ3) is 7.66. The van der Waals surface area contributed by atoms with E-state index in [1.807, 2.05) is 32.6 Å². The molecular weight excluding hydrogens is 561 g/mol. The van der Waals surface area contributed by atoms with Crippen LogP contribution in [0.3, 0.4) is 0 Å². The maximum atomic E-state index is 14.9. The van der Waals surface area contributed by atoms with Gasteiger partial charge in [-0.1, -0.05) is 26.0 Å². The first-order valence-electron chi connectivity index (χ1n) is 14.3.